The van der Waals surface area contributed by atoms with Crippen LogP contribution in [-0.4, -0.2) is 19.9 Å². The molecule has 0 aromatic heterocycles. The minimum atomic E-state index is -4.10. The number of benzene rings is 3. The number of nitrogens with one attached hydrogen (secondary N) is 1. The number of Topliss-reactive ketones (excluding diaryl/α,β-unsaturated/α-hetero) is 1. The summed E-state index contributed by atoms with van der Waals surface area (Å²) in [5.74, 6) is -0.799. The van der Waals surface area contributed by atoms with E-state index in [1.54, 1.807) is 24.3 Å². The van der Waals surface area contributed by atoms with Gasteiger partial charge in [-0.2, -0.15) is 12.8 Å². The number of ketones is 1. The van der Waals surface area contributed by atoms with Crippen molar-refractivity contribution in [2.24, 2.45) is 4.40 Å². The van der Waals surface area contributed by atoms with Crippen LogP contribution in [0.3, 0.4) is 0 Å². The summed E-state index contributed by atoms with van der Waals surface area (Å²) in [6.07, 6.45) is 1.43. The maximum atomic E-state index is 13.2. The number of carbonyl (C=O) groups is 1. The Labute approximate surface area is 173 Å². The van der Waals surface area contributed by atoms with E-state index in [0.717, 1.165) is 35.5 Å². The lowest BCUT2D eigenvalue weighted by molar-refractivity contribution is 0.103. The van der Waals surface area contributed by atoms with Gasteiger partial charge >= 0.3 is 0 Å². The lowest BCUT2D eigenvalue weighted by atomic mass is 9.92. The van der Waals surface area contributed by atoms with Gasteiger partial charge in [0.05, 0.1) is 16.3 Å². The molecule has 0 heterocycles. The minimum absolute atomic E-state index is 0.130. The molecule has 0 spiro atoms. The number of rotatable bonds is 4. The average molecular weight is 420 g/mol. The summed E-state index contributed by atoms with van der Waals surface area (Å²) in [6, 6.07) is 18.6. The maximum Gasteiger partial charge on any atom is 0.282 e. The summed E-state index contributed by atoms with van der Waals surface area (Å²) in [5.41, 5.74) is 2.79. The van der Waals surface area contributed by atoms with Gasteiger partial charge in [0, 0.05) is 16.8 Å². The number of fused-ring (bicyclic) bond motifs is 1. The molecular weight excluding hydrogens is 403 g/mol. The number of hydrogen-bond donors (Lipinski definition) is 1. The Morgan fingerprint density at radius 3 is 2.20 bits per heavy atom. The second-order valence-corrected chi connectivity index (χ2v) is 8.38. The summed E-state index contributed by atoms with van der Waals surface area (Å²) in [6.45, 7) is 1.90. The molecule has 4 rings (SSSR count). The largest absolute Gasteiger partial charge is 0.352 e. The van der Waals surface area contributed by atoms with Gasteiger partial charge in [-0.1, -0.05) is 42.5 Å². The Morgan fingerprint density at radius 2 is 1.50 bits per heavy atom. The van der Waals surface area contributed by atoms with Gasteiger partial charge in [0.1, 0.15) is 5.82 Å². The van der Waals surface area contributed by atoms with E-state index in [4.69, 9.17) is 0 Å². The molecule has 3 aromatic carbocycles. The van der Waals surface area contributed by atoms with Crippen LogP contribution in [0, 0.1) is 12.7 Å². The summed E-state index contributed by atoms with van der Waals surface area (Å²) in [7, 11) is -4.10. The molecule has 1 aliphatic rings. The van der Waals surface area contributed by atoms with Crippen LogP contribution in [0.5, 0.6) is 0 Å². The third-order valence-electron chi connectivity index (χ3n) is 4.72. The molecule has 0 aliphatic heterocycles. The normalized spacial score (nSPS) is 14.9. The monoisotopic (exact) mass is 420 g/mol. The second kappa shape index (κ2) is 7.68. The predicted molar refractivity (Wildman–Crippen MR) is 114 cm³/mol. The molecule has 1 N–H and O–H groups in total. The Morgan fingerprint density at radius 1 is 0.867 bits per heavy atom. The average Bonchev–Trinajstić information content (AvgIpc) is 2.73. The van der Waals surface area contributed by atoms with Gasteiger partial charge in [0.25, 0.3) is 10.0 Å². The topological polar surface area (TPSA) is 75.6 Å². The van der Waals surface area contributed by atoms with Gasteiger partial charge in [0.2, 0.25) is 5.78 Å². The molecule has 3 aromatic rings. The van der Waals surface area contributed by atoms with Crippen LogP contribution >= 0.6 is 0 Å². The first kappa shape index (κ1) is 19.7. The van der Waals surface area contributed by atoms with Crippen LogP contribution in [0.15, 0.2) is 93.9 Å². The Kier molecular flexibility index (Phi) is 5.05. The van der Waals surface area contributed by atoms with Crippen molar-refractivity contribution in [1.82, 2.24) is 0 Å². The summed E-state index contributed by atoms with van der Waals surface area (Å²) >= 11 is 0. The van der Waals surface area contributed by atoms with Crippen molar-refractivity contribution in [2.75, 3.05) is 5.32 Å². The Bertz CT molecular complexity index is 1310. The van der Waals surface area contributed by atoms with Crippen molar-refractivity contribution in [1.29, 1.82) is 0 Å². The van der Waals surface area contributed by atoms with E-state index in [1.807, 2.05) is 31.2 Å². The molecule has 0 fully saturated rings. The molecule has 5 nitrogen and oxygen atoms in total. The second-order valence-electron chi connectivity index (χ2n) is 6.78. The van der Waals surface area contributed by atoms with E-state index in [9.17, 15) is 17.6 Å². The smallest absolute Gasteiger partial charge is 0.282 e. The zero-order chi connectivity index (χ0) is 21.3. The SMILES string of the molecule is Cc1ccccc1NC1=CC(=NS(=O)(=O)c2ccc(F)cc2)c2ccccc2C1=O. The highest BCUT2D eigenvalue weighted by molar-refractivity contribution is 7.90. The quantitative estimate of drug-likeness (QED) is 0.674. The lowest BCUT2D eigenvalue weighted by Gasteiger charge is -2.19. The molecule has 0 atom stereocenters. The van der Waals surface area contributed by atoms with Crippen molar-refractivity contribution in [2.45, 2.75) is 11.8 Å². The van der Waals surface area contributed by atoms with Crippen molar-refractivity contribution in [3.05, 3.63) is 107 Å². The predicted octanol–water partition coefficient (Wildman–Crippen LogP) is 4.50. The molecule has 0 amide bonds. The van der Waals surface area contributed by atoms with E-state index < -0.39 is 15.8 Å². The van der Waals surface area contributed by atoms with Crippen LogP contribution < -0.4 is 5.32 Å². The minimum Gasteiger partial charge on any atom is -0.352 e. The molecule has 1 aliphatic carbocycles. The van der Waals surface area contributed by atoms with Crippen LogP contribution in [-0.2, 0) is 10.0 Å². The number of carbonyl (C=O) groups excluding carboxylic acids is 1. The number of aryl methyl sites for hydroxylation is 1. The van der Waals surface area contributed by atoms with E-state index in [-0.39, 0.29) is 22.1 Å². The van der Waals surface area contributed by atoms with Gasteiger partial charge in [-0.25, -0.2) is 4.39 Å². The van der Waals surface area contributed by atoms with Crippen LogP contribution in [0.25, 0.3) is 0 Å². The van der Waals surface area contributed by atoms with Gasteiger partial charge < -0.3 is 5.32 Å². The number of hydrogen-bond acceptors (Lipinski definition) is 4. The van der Waals surface area contributed by atoms with E-state index >= 15 is 0 Å². The Hall–Kier alpha value is -3.58. The molecule has 0 radical (unpaired) electrons. The molecule has 150 valence electrons. The highest BCUT2D eigenvalue weighted by Gasteiger charge is 2.26. The lowest BCUT2D eigenvalue weighted by Crippen LogP contribution is -2.23. The fourth-order valence-electron chi connectivity index (χ4n) is 3.14. The molecule has 0 saturated carbocycles. The zero-order valence-corrected chi connectivity index (χ0v) is 16.8. The molecule has 0 bridgehead atoms. The molecule has 30 heavy (non-hydrogen) atoms. The highest BCUT2D eigenvalue weighted by atomic mass is 32.2. The number of sulfonamides is 1. The van der Waals surface area contributed by atoms with E-state index in [2.05, 4.69) is 9.71 Å². The van der Waals surface area contributed by atoms with Crippen molar-refractivity contribution < 1.29 is 17.6 Å². The van der Waals surface area contributed by atoms with Crippen molar-refractivity contribution in [3.63, 3.8) is 0 Å². The van der Waals surface area contributed by atoms with Gasteiger partial charge in [-0.15, -0.1) is 0 Å². The first-order valence-corrected chi connectivity index (χ1v) is 10.6. The van der Waals surface area contributed by atoms with Gasteiger partial charge in [0.15, 0.2) is 0 Å². The van der Waals surface area contributed by atoms with Crippen LogP contribution in [0.4, 0.5) is 10.1 Å². The molecule has 7 heteroatoms. The Balaban J connectivity index is 1.83. The third kappa shape index (κ3) is 3.79. The number of allylic oxidation sites excluding steroid dienone is 2. The van der Waals surface area contributed by atoms with E-state index in [1.165, 1.54) is 6.08 Å². The summed E-state index contributed by atoms with van der Waals surface area (Å²) in [4.78, 5) is 12.8. The van der Waals surface area contributed by atoms with Crippen molar-refractivity contribution in [3.8, 4) is 0 Å². The number of anilines is 1. The van der Waals surface area contributed by atoms with Crippen LogP contribution in [0.1, 0.15) is 21.5 Å². The molecular formula is C23H17FN2O3S. The van der Waals surface area contributed by atoms with Gasteiger partial charge in [-0.05, 0) is 48.9 Å². The zero-order valence-electron chi connectivity index (χ0n) is 16.0. The third-order valence-corrected chi connectivity index (χ3v) is 6.02. The molecule has 0 unspecified atom stereocenters. The van der Waals surface area contributed by atoms with Crippen molar-refractivity contribution >= 4 is 27.2 Å². The fourth-order valence-corrected chi connectivity index (χ4v) is 4.14. The molecule has 0 saturated heterocycles. The number of nitrogens with zero attached hydrogens (tertiary/aromatic N) is 1. The van der Waals surface area contributed by atoms with E-state index in [0.29, 0.717) is 11.1 Å². The summed E-state index contributed by atoms with van der Waals surface area (Å²) < 4.78 is 42.7. The number of halogens is 1. The first-order chi connectivity index (χ1) is 14.3. The highest BCUT2D eigenvalue weighted by Crippen LogP contribution is 2.26. The standard InChI is InChI=1S/C23H17FN2O3S/c1-15-6-2-5-9-20(15)25-22-14-21(18-7-3-4-8-19(18)23(22)27)26-30(28,29)17-12-10-16(24)11-13-17/h2-14,25H,1H3. The maximum absolute atomic E-state index is 13.2. The van der Waals surface area contributed by atoms with Gasteiger partial charge in [-0.3, -0.25) is 4.79 Å². The summed E-state index contributed by atoms with van der Waals surface area (Å²) in [5, 5.41) is 3.09. The van der Waals surface area contributed by atoms with Crippen LogP contribution in [0.2, 0.25) is 0 Å². The first-order valence-electron chi connectivity index (χ1n) is 9.14. The fraction of sp³-hybridized carbons (Fsp3) is 0.0435. The number of para-hydroxylation sites is 1.